The molecule has 0 fully saturated rings. The zero-order valence-electron chi connectivity index (χ0n) is 10.9. The average Bonchev–Trinajstić information content (AvgIpc) is 2.66. The number of ketones is 1. The van der Waals surface area contributed by atoms with Crippen LogP contribution in [0.4, 0.5) is 0 Å². The summed E-state index contributed by atoms with van der Waals surface area (Å²) in [5, 5.41) is 0. The molecule has 0 amide bonds. The molecule has 0 spiro atoms. The van der Waals surface area contributed by atoms with Crippen molar-refractivity contribution in [1.29, 1.82) is 0 Å². The summed E-state index contributed by atoms with van der Waals surface area (Å²) in [7, 11) is -3.29. The SMILES string of the molecule is Cc1cc(C)c(C(=O)c2cccc(S(C)(=O)=O)c2)s1. The van der Waals surface area contributed by atoms with Gasteiger partial charge in [0.25, 0.3) is 0 Å². The van der Waals surface area contributed by atoms with Crippen molar-refractivity contribution in [3.63, 3.8) is 0 Å². The number of carbonyl (C=O) groups is 1. The van der Waals surface area contributed by atoms with Crippen molar-refractivity contribution < 1.29 is 13.2 Å². The molecular weight excluding hydrogens is 280 g/mol. The van der Waals surface area contributed by atoms with E-state index < -0.39 is 9.84 Å². The molecule has 2 aromatic rings. The van der Waals surface area contributed by atoms with Crippen molar-refractivity contribution in [2.45, 2.75) is 18.7 Å². The minimum absolute atomic E-state index is 0.124. The predicted molar refractivity (Wildman–Crippen MR) is 76.8 cm³/mol. The van der Waals surface area contributed by atoms with Gasteiger partial charge in [-0.15, -0.1) is 11.3 Å². The maximum atomic E-state index is 12.4. The third-order valence-corrected chi connectivity index (χ3v) is 5.03. The zero-order chi connectivity index (χ0) is 14.2. The number of carbonyl (C=O) groups excluding carboxylic acids is 1. The average molecular weight is 294 g/mol. The van der Waals surface area contributed by atoms with E-state index in [2.05, 4.69) is 0 Å². The molecule has 0 N–H and O–H groups in total. The topological polar surface area (TPSA) is 51.2 Å². The van der Waals surface area contributed by atoms with E-state index in [1.807, 2.05) is 19.9 Å². The van der Waals surface area contributed by atoms with Crippen LogP contribution < -0.4 is 0 Å². The summed E-state index contributed by atoms with van der Waals surface area (Å²) < 4.78 is 23.0. The standard InChI is InChI=1S/C14H14O3S2/c1-9-7-10(2)18-14(9)13(15)11-5-4-6-12(8-11)19(3,16)17/h4-8H,1-3H3. The van der Waals surface area contributed by atoms with Gasteiger partial charge in [-0.2, -0.15) is 0 Å². The molecule has 0 aliphatic carbocycles. The van der Waals surface area contributed by atoms with Crippen LogP contribution in [0.15, 0.2) is 35.2 Å². The molecule has 0 atom stereocenters. The molecule has 0 aliphatic rings. The molecule has 0 radical (unpaired) electrons. The molecule has 2 rings (SSSR count). The molecule has 1 aromatic heterocycles. The summed E-state index contributed by atoms with van der Waals surface area (Å²) in [5.74, 6) is -0.124. The van der Waals surface area contributed by atoms with Crippen LogP contribution in [0, 0.1) is 13.8 Å². The Balaban J connectivity index is 2.48. The Labute approximate surface area is 116 Å². The Morgan fingerprint density at radius 3 is 2.37 bits per heavy atom. The fourth-order valence-electron chi connectivity index (χ4n) is 1.87. The highest BCUT2D eigenvalue weighted by atomic mass is 32.2. The summed E-state index contributed by atoms with van der Waals surface area (Å²) in [6.45, 7) is 3.83. The van der Waals surface area contributed by atoms with Gasteiger partial charge in [-0.1, -0.05) is 12.1 Å². The Kier molecular flexibility index (Phi) is 3.60. The van der Waals surface area contributed by atoms with Crippen molar-refractivity contribution in [3.8, 4) is 0 Å². The summed E-state index contributed by atoms with van der Waals surface area (Å²) in [6, 6.07) is 8.13. The van der Waals surface area contributed by atoms with Crippen molar-refractivity contribution in [3.05, 3.63) is 51.2 Å². The van der Waals surface area contributed by atoms with Crippen LogP contribution in [0.5, 0.6) is 0 Å². The Morgan fingerprint density at radius 1 is 1.16 bits per heavy atom. The molecule has 0 aliphatic heterocycles. The van der Waals surface area contributed by atoms with E-state index in [1.54, 1.807) is 12.1 Å². The van der Waals surface area contributed by atoms with Gasteiger partial charge >= 0.3 is 0 Å². The van der Waals surface area contributed by atoms with Crippen LogP contribution in [-0.4, -0.2) is 20.5 Å². The molecule has 5 heteroatoms. The van der Waals surface area contributed by atoms with Crippen LogP contribution in [0.2, 0.25) is 0 Å². The first-order valence-electron chi connectivity index (χ1n) is 5.71. The first-order chi connectivity index (χ1) is 8.79. The molecule has 0 bridgehead atoms. The number of aryl methyl sites for hydroxylation is 2. The molecule has 100 valence electrons. The van der Waals surface area contributed by atoms with E-state index >= 15 is 0 Å². The van der Waals surface area contributed by atoms with Crippen LogP contribution in [0.1, 0.15) is 25.7 Å². The van der Waals surface area contributed by atoms with Crippen LogP contribution in [0.3, 0.4) is 0 Å². The summed E-state index contributed by atoms with van der Waals surface area (Å²) in [6.07, 6.45) is 1.14. The Morgan fingerprint density at radius 2 is 1.84 bits per heavy atom. The number of rotatable bonds is 3. The number of sulfone groups is 1. The highest BCUT2D eigenvalue weighted by Gasteiger charge is 2.16. The fourth-order valence-corrected chi connectivity index (χ4v) is 3.52. The number of hydrogen-bond donors (Lipinski definition) is 0. The largest absolute Gasteiger partial charge is 0.288 e. The van der Waals surface area contributed by atoms with E-state index in [0.29, 0.717) is 10.4 Å². The molecule has 1 heterocycles. The molecule has 0 saturated carbocycles. The van der Waals surface area contributed by atoms with Crippen molar-refractivity contribution in [2.75, 3.05) is 6.26 Å². The van der Waals surface area contributed by atoms with E-state index in [0.717, 1.165) is 16.7 Å². The molecule has 3 nitrogen and oxygen atoms in total. The third kappa shape index (κ3) is 2.93. The Bertz CT molecular complexity index is 740. The van der Waals surface area contributed by atoms with Crippen molar-refractivity contribution in [2.24, 2.45) is 0 Å². The first-order valence-corrected chi connectivity index (χ1v) is 8.41. The number of hydrogen-bond acceptors (Lipinski definition) is 4. The van der Waals surface area contributed by atoms with E-state index in [9.17, 15) is 13.2 Å². The quantitative estimate of drug-likeness (QED) is 0.818. The maximum Gasteiger partial charge on any atom is 0.203 e. The lowest BCUT2D eigenvalue weighted by Gasteiger charge is -2.03. The van der Waals surface area contributed by atoms with Gasteiger partial charge < -0.3 is 0 Å². The Hall–Kier alpha value is -1.46. The molecule has 19 heavy (non-hydrogen) atoms. The van der Waals surface area contributed by atoms with Gasteiger partial charge in [0.1, 0.15) is 0 Å². The minimum Gasteiger partial charge on any atom is -0.288 e. The predicted octanol–water partition coefficient (Wildman–Crippen LogP) is 3.00. The molecule has 0 saturated heterocycles. The first kappa shape index (κ1) is 14.0. The molecular formula is C14H14O3S2. The van der Waals surface area contributed by atoms with Gasteiger partial charge in [-0.25, -0.2) is 8.42 Å². The van der Waals surface area contributed by atoms with Gasteiger partial charge in [0, 0.05) is 16.7 Å². The lowest BCUT2D eigenvalue weighted by atomic mass is 10.1. The second kappa shape index (κ2) is 4.90. The van der Waals surface area contributed by atoms with Gasteiger partial charge in [0.05, 0.1) is 9.77 Å². The maximum absolute atomic E-state index is 12.4. The summed E-state index contributed by atoms with van der Waals surface area (Å²) in [4.78, 5) is 14.3. The zero-order valence-corrected chi connectivity index (χ0v) is 12.6. The smallest absolute Gasteiger partial charge is 0.203 e. The second-order valence-electron chi connectivity index (χ2n) is 4.50. The summed E-state index contributed by atoms with van der Waals surface area (Å²) in [5.41, 5.74) is 1.34. The monoisotopic (exact) mass is 294 g/mol. The van der Waals surface area contributed by atoms with E-state index in [1.165, 1.54) is 23.5 Å². The van der Waals surface area contributed by atoms with E-state index in [-0.39, 0.29) is 10.7 Å². The molecule has 0 unspecified atom stereocenters. The highest BCUT2D eigenvalue weighted by Crippen LogP contribution is 2.24. The highest BCUT2D eigenvalue weighted by molar-refractivity contribution is 7.90. The van der Waals surface area contributed by atoms with E-state index in [4.69, 9.17) is 0 Å². The lowest BCUT2D eigenvalue weighted by molar-refractivity contribution is 0.104. The van der Waals surface area contributed by atoms with Crippen LogP contribution in [0.25, 0.3) is 0 Å². The van der Waals surface area contributed by atoms with Crippen molar-refractivity contribution in [1.82, 2.24) is 0 Å². The van der Waals surface area contributed by atoms with Gasteiger partial charge in [0.2, 0.25) is 5.78 Å². The van der Waals surface area contributed by atoms with Crippen molar-refractivity contribution >= 4 is 27.0 Å². The van der Waals surface area contributed by atoms with Gasteiger partial charge in [0.15, 0.2) is 9.84 Å². The minimum atomic E-state index is -3.29. The third-order valence-electron chi connectivity index (χ3n) is 2.77. The fraction of sp³-hybridized carbons (Fsp3) is 0.214. The van der Waals surface area contributed by atoms with Gasteiger partial charge in [-0.3, -0.25) is 4.79 Å². The molecule has 1 aromatic carbocycles. The van der Waals surface area contributed by atoms with Crippen LogP contribution >= 0.6 is 11.3 Å². The van der Waals surface area contributed by atoms with Gasteiger partial charge in [-0.05, 0) is 37.6 Å². The number of benzene rings is 1. The number of thiophene rings is 1. The second-order valence-corrected chi connectivity index (χ2v) is 7.77. The van der Waals surface area contributed by atoms with Crippen LogP contribution in [-0.2, 0) is 9.84 Å². The normalized spacial score (nSPS) is 11.5. The lowest BCUT2D eigenvalue weighted by Crippen LogP contribution is -2.03. The summed E-state index contributed by atoms with van der Waals surface area (Å²) >= 11 is 1.43.